The SMILES string of the molecule is C[C@H](O)CN(c1ccccc1)S(=O)(=O)C1=Cc2ccccc2CC1. The minimum atomic E-state index is -3.68. The summed E-state index contributed by atoms with van der Waals surface area (Å²) < 4.78 is 27.7. The highest BCUT2D eigenvalue weighted by Crippen LogP contribution is 2.31. The number of nitrogens with zero attached hydrogens (tertiary/aromatic N) is 1. The maximum Gasteiger partial charge on any atom is 0.260 e. The number of aryl methyl sites for hydroxylation is 1. The Morgan fingerprint density at radius 1 is 1.04 bits per heavy atom. The van der Waals surface area contributed by atoms with Crippen molar-refractivity contribution in [2.24, 2.45) is 0 Å². The molecular formula is C19H21NO3S. The first-order valence-electron chi connectivity index (χ1n) is 8.03. The molecule has 1 atom stereocenters. The molecule has 0 amide bonds. The summed E-state index contributed by atoms with van der Waals surface area (Å²) >= 11 is 0. The minimum absolute atomic E-state index is 0.0331. The van der Waals surface area contributed by atoms with Crippen molar-refractivity contribution in [3.05, 3.63) is 70.6 Å². The molecule has 126 valence electrons. The van der Waals surface area contributed by atoms with Gasteiger partial charge in [-0.05, 0) is 49.1 Å². The highest BCUT2D eigenvalue weighted by Gasteiger charge is 2.29. The van der Waals surface area contributed by atoms with E-state index in [1.165, 1.54) is 9.87 Å². The Bertz CT molecular complexity index is 842. The maximum atomic E-state index is 13.2. The molecule has 1 aliphatic rings. The number of anilines is 1. The normalized spacial score (nSPS) is 15.3. The molecule has 0 saturated heterocycles. The fourth-order valence-electron chi connectivity index (χ4n) is 2.93. The second-order valence-corrected chi connectivity index (χ2v) is 7.95. The van der Waals surface area contributed by atoms with Crippen LogP contribution in [0.25, 0.3) is 6.08 Å². The Hall–Kier alpha value is -2.11. The molecule has 0 radical (unpaired) electrons. The van der Waals surface area contributed by atoms with Crippen LogP contribution in [-0.4, -0.2) is 26.2 Å². The Labute approximate surface area is 143 Å². The molecular weight excluding hydrogens is 322 g/mol. The van der Waals surface area contributed by atoms with Gasteiger partial charge in [-0.25, -0.2) is 8.42 Å². The molecule has 0 fully saturated rings. The van der Waals surface area contributed by atoms with Crippen LogP contribution in [0.3, 0.4) is 0 Å². The molecule has 3 rings (SSSR count). The summed E-state index contributed by atoms with van der Waals surface area (Å²) in [5, 5.41) is 9.78. The predicted molar refractivity (Wildman–Crippen MR) is 97.1 cm³/mol. The zero-order valence-corrected chi connectivity index (χ0v) is 14.4. The molecule has 2 aromatic carbocycles. The van der Waals surface area contributed by atoms with Crippen molar-refractivity contribution in [1.82, 2.24) is 0 Å². The second kappa shape index (κ2) is 6.79. The number of hydrogen-bond acceptors (Lipinski definition) is 3. The van der Waals surface area contributed by atoms with E-state index in [0.717, 1.165) is 5.56 Å². The lowest BCUT2D eigenvalue weighted by atomic mass is 9.98. The van der Waals surface area contributed by atoms with Crippen molar-refractivity contribution in [2.75, 3.05) is 10.8 Å². The molecule has 0 saturated carbocycles. The van der Waals surface area contributed by atoms with Gasteiger partial charge in [0.2, 0.25) is 0 Å². The van der Waals surface area contributed by atoms with Gasteiger partial charge in [-0.2, -0.15) is 0 Å². The molecule has 5 heteroatoms. The van der Waals surface area contributed by atoms with Gasteiger partial charge in [0.05, 0.1) is 23.2 Å². The highest BCUT2D eigenvalue weighted by atomic mass is 32.2. The van der Waals surface area contributed by atoms with Crippen LogP contribution >= 0.6 is 0 Å². The first-order valence-corrected chi connectivity index (χ1v) is 9.47. The van der Waals surface area contributed by atoms with Gasteiger partial charge in [0.25, 0.3) is 10.0 Å². The van der Waals surface area contributed by atoms with Gasteiger partial charge in [-0.1, -0.05) is 42.5 Å². The zero-order chi connectivity index (χ0) is 17.2. The van der Waals surface area contributed by atoms with Crippen LogP contribution in [-0.2, 0) is 16.4 Å². The van der Waals surface area contributed by atoms with Crippen LogP contribution in [0.4, 0.5) is 5.69 Å². The third-order valence-electron chi connectivity index (χ3n) is 4.11. The molecule has 4 nitrogen and oxygen atoms in total. The Kier molecular flexibility index (Phi) is 4.73. The van der Waals surface area contributed by atoms with Crippen molar-refractivity contribution in [2.45, 2.75) is 25.9 Å². The standard InChI is InChI=1S/C19H21NO3S/c1-15(21)14-20(18-9-3-2-4-10-18)24(22,23)19-12-11-16-7-5-6-8-17(16)13-19/h2-10,13,15,21H,11-12,14H2,1H3/t15-/m0/s1. The first-order chi connectivity index (χ1) is 11.5. The Morgan fingerprint density at radius 3 is 2.42 bits per heavy atom. The van der Waals surface area contributed by atoms with E-state index in [1.807, 2.05) is 30.3 Å². The third kappa shape index (κ3) is 3.37. The summed E-state index contributed by atoms with van der Waals surface area (Å²) in [5.41, 5.74) is 2.68. The molecule has 0 bridgehead atoms. The molecule has 0 spiro atoms. The number of fused-ring (bicyclic) bond motifs is 1. The highest BCUT2D eigenvalue weighted by molar-refractivity contribution is 7.96. The molecule has 0 aliphatic heterocycles. The van der Waals surface area contributed by atoms with Crippen LogP contribution in [0, 0.1) is 0 Å². The summed E-state index contributed by atoms with van der Waals surface area (Å²) in [7, 11) is -3.68. The van der Waals surface area contributed by atoms with E-state index in [9.17, 15) is 13.5 Å². The van der Waals surface area contributed by atoms with Crippen LogP contribution in [0.2, 0.25) is 0 Å². The van der Waals surface area contributed by atoms with Crippen molar-refractivity contribution >= 4 is 21.8 Å². The number of aliphatic hydroxyl groups is 1. The van der Waals surface area contributed by atoms with Crippen molar-refractivity contribution in [1.29, 1.82) is 0 Å². The molecule has 2 aromatic rings. The largest absolute Gasteiger partial charge is 0.392 e. The summed E-state index contributed by atoms with van der Waals surface area (Å²) in [4.78, 5) is 0.394. The van der Waals surface area contributed by atoms with Gasteiger partial charge in [0.15, 0.2) is 0 Å². The van der Waals surface area contributed by atoms with Gasteiger partial charge < -0.3 is 5.11 Å². The Morgan fingerprint density at radius 2 is 1.71 bits per heavy atom. The molecule has 24 heavy (non-hydrogen) atoms. The van der Waals surface area contributed by atoms with Gasteiger partial charge in [-0.3, -0.25) is 4.31 Å². The predicted octanol–water partition coefficient (Wildman–Crippen LogP) is 3.19. The number of sulfonamides is 1. The smallest absolute Gasteiger partial charge is 0.260 e. The van der Waals surface area contributed by atoms with E-state index >= 15 is 0 Å². The summed E-state index contributed by atoms with van der Waals surface area (Å²) in [6, 6.07) is 16.8. The number of rotatable bonds is 5. The van der Waals surface area contributed by atoms with Gasteiger partial charge in [0, 0.05) is 0 Å². The number of allylic oxidation sites excluding steroid dienone is 1. The van der Waals surface area contributed by atoms with Crippen molar-refractivity contribution < 1.29 is 13.5 Å². The topological polar surface area (TPSA) is 57.6 Å². The number of aliphatic hydroxyl groups excluding tert-OH is 1. The summed E-state index contributed by atoms with van der Waals surface area (Å²) in [6.45, 7) is 1.63. The molecule has 0 aromatic heterocycles. The Balaban J connectivity index is 2.02. The van der Waals surface area contributed by atoms with Gasteiger partial charge in [0.1, 0.15) is 0 Å². The number of benzene rings is 2. The summed E-state index contributed by atoms with van der Waals surface area (Å²) in [5.74, 6) is 0. The van der Waals surface area contributed by atoms with Gasteiger partial charge in [-0.15, -0.1) is 0 Å². The third-order valence-corrected chi connectivity index (χ3v) is 6.03. The second-order valence-electron chi connectivity index (χ2n) is 6.03. The fraction of sp³-hybridized carbons (Fsp3) is 0.263. The van der Waals surface area contributed by atoms with E-state index in [0.29, 0.717) is 23.4 Å². The average molecular weight is 343 g/mol. The van der Waals surface area contributed by atoms with E-state index in [1.54, 1.807) is 37.3 Å². The van der Waals surface area contributed by atoms with Gasteiger partial charge >= 0.3 is 0 Å². The zero-order valence-electron chi connectivity index (χ0n) is 13.6. The quantitative estimate of drug-likeness (QED) is 0.907. The first kappa shape index (κ1) is 16.7. The molecule has 1 aliphatic carbocycles. The van der Waals surface area contributed by atoms with Crippen LogP contribution < -0.4 is 4.31 Å². The fourth-order valence-corrected chi connectivity index (χ4v) is 4.66. The van der Waals surface area contributed by atoms with E-state index in [-0.39, 0.29) is 6.54 Å². The molecule has 0 heterocycles. The van der Waals surface area contributed by atoms with E-state index < -0.39 is 16.1 Å². The van der Waals surface area contributed by atoms with Crippen LogP contribution in [0.15, 0.2) is 59.5 Å². The molecule has 0 unspecified atom stereocenters. The lowest BCUT2D eigenvalue weighted by molar-refractivity contribution is 0.204. The van der Waals surface area contributed by atoms with E-state index in [4.69, 9.17) is 0 Å². The molecule has 1 N–H and O–H groups in total. The number of hydrogen-bond donors (Lipinski definition) is 1. The average Bonchev–Trinajstić information content (AvgIpc) is 2.59. The number of para-hydroxylation sites is 1. The lowest BCUT2D eigenvalue weighted by Crippen LogP contribution is -2.37. The maximum absolute atomic E-state index is 13.2. The summed E-state index contributed by atoms with van der Waals surface area (Å²) in [6.07, 6.45) is 2.18. The lowest BCUT2D eigenvalue weighted by Gasteiger charge is -2.28. The van der Waals surface area contributed by atoms with Crippen molar-refractivity contribution in [3.8, 4) is 0 Å². The van der Waals surface area contributed by atoms with Crippen LogP contribution in [0.5, 0.6) is 0 Å². The van der Waals surface area contributed by atoms with Crippen LogP contribution in [0.1, 0.15) is 24.5 Å². The monoisotopic (exact) mass is 343 g/mol. The minimum Gasteiger partial charge on any atom is -0.392 e. The van der Waals surface area contributed by atoms with Crippen molar-refractivity contribution in [3.63, 3.8) is 0 Å². The van der Waals surface area contributed by atoms with E-state index in [2.05, 4.69) is 0 Å².